The number of methoxy groups -OCH3 is 2. The Hall–Kier alpha value is -1.76. The van der Waals surface area contributed by atoms with Crippen LogP contribution in [0.2, 0.25) is 5.02 Å². The lowest BCUT2D eigenvalue weighted by molar-refractivity contribution is 0.110. The number of benzene rings is 2. The van der Waals surface area contributed by atoms with E-state index in [1.165, 1.54) is 0 Å². The smallest absolute Gasteiger partial charge is 0.243 e. The molecule has 2 aromatic carbocycles. The first-order valence-corrected chi connectivity index (χ1v) is 13.0. The van der Waals surface area contributed by atoms with Gasteiger partial charge in [0.2, 0.25) is 10.0 Å². The van der Waals surface area contributed by atoms with Crippen LogP contribution >= 0.6 is 11.6 Å². The van der Waals surface area contributed by atoms with Gasteiger partial charge in [0, 0.05) is 17.6 Å². The quantitative estimate of drug-likeness (QED) is 0.465. The van der Waals surface area contributed by atoms with E-state index in [0.717, 1.165) is 24.8 Å². The molecule has 1 aliphatic carbocycles. The maximum Gasteiger partial charge on any atom is 0.243 e. The molecule has 5 nitrogen and oxygen atoms in total. The molecule has 0 aliphatic heterocycles. The van der Waals surface area contributed by atoms with E-state index in [0.29, 0.717) is 34.3 Å². The molecule has 3 rings (SSSR count). The largest absolute Gasteiger partial charge is 0.493 e. The summed E-state index contributed by atoms with van der Waals surface area (Å²) in [5, 5.41) is 0.515. The predicted octanol–water partition coefficient (Wildman–Crippen LogP) is 6.01. The average molecular weight is 480 g/mol. The summed E-state index contributed by atoms with van der Waals surface area (Å²) in [7, 11) is -0.565. The van der Waals surface area contributed by atoms with Gasteiger partial charge in [-0.15, -0.1) is 0 Å². The molecule has 3 atom stereocenters. The van der Waals surface area contributed by atoms with Gasteiger partial charge in [0.15, 0.2) is 11.5 Å². The number of sulfonamides is 1. The van der Waals surface area contributed by atoms with E-state index >= 15 is 0 Å². The summed E-state index contributed by atoms with van der Waals surface area (Å²) in [4.78, 5) is 0.267. The van der Waals surface area contributed by atoms with Crippen LogP contribution in [0, 0.1) is 17.8 Å². The van der Waals surface area contributed by atoms with Crippen LogP contribution in [0.3, 0.4) is 0 Å². The fraction of sp³-hybridized carbons (Fsp3) is 0.520. The van der Waals surface area contributed by atoms with Crippen molar-refractivity contribution >= 4 is 21.6 Å². The normalized spacial score (nSPS) is 21.7. The third-order valence-corrected chi connectivity index (χ3v) is 8.70. The van der Waals surface area contributed by atoms with Gasteiger partial charge in [-0.3, -0.25) is 0 Å². The summed E-state index contributed by atoms with van der Waals surface area (Å²) in [5.41, 5.74) is 0.862. The van der Waals surface area contributed by atoms with Crippen LogP contribution in [0.1, 0.15) is 45.6 Å². The second-order valence-electron chi connectivity index (χ2n) is 9.09. The molecular weight excluding hydrogens is 446 g/mol. The van der Waals surface area contributed by atoms with Crippen molar-refractivity contribution in [1.82, 2.24) is 4.31 Å². The second kappa shape index (κ2) is 10.4. The maximum absolute atomic E-state index is 13.9. The van der Waals surface area contributed by atoms with E-state index in [9.17, 15) is 8.42 Å². The number of ether oxygens (including phenoxy) is 2. The lowest BCUT2D eigenvalue weighted by Crippen LogP contribution is -2.48. The summed E-state index contributed by atoms with van der Waals surface area (Å²) in [6, 6.07) is 12.0. The van der Waals surface area contributed by atoms with Crippen molar-refractivity contribution in [2.45, 2.75) is 57.5 Å². The van der Waals surface area contributed by atoms with E-state index in [-0.39, 0.29) is 17.5 Å². The summed E-state index contributed by atoms with van der Waals surface area (Å²) >= 11 is 6.03. The Morgan fingerprint density at radius 3 is 2.28 bits per heavy atom. The lowest BCUT2D eigenvalue weighted by Gasteiger charge is -2.43. The van der Waals surface area contributed by atoms with Gasteiger partial charge in [0.25, 0.3) is 0 Å². The summed E-state index contributed by atoms with van der Waals surface area (Å²) in [6.07, 6.45) is 3.01. The monoisotopic (exact) mass is 479 g/mol. The number of halogens is 1. The molecule has 0 bridgehead atoms. The van der Waals surface area contributed by atoms with Gasteiger partial charge < -0.3 is 9.47 Å². The average Bonchev–Trinajstić information content (AvgIpc) is 2.77. The van der Waals surface area contributed by atoms with E-state index in [2.05, 4.69) is 20.8 Å². The zero-order valence-electron chi connectivity index (χ0n) is 19.5. The van der Waals surface area contributed by atoms with Gasteiger partial charge in [0.1, 0.15) is 0 Å². The highest BCUT2D eigenvalue weighted by Gasteiger charge is 2.40. The predicted molar refractivity (Wildman–Crippen MR) is 129 cm³/mol. The van der Waals surface area contributed by atoms with E-state index < -0.39 is 10.0 Å². The summed E-state index contributed by atoms with van der Waals surface area (Å²) < 4.78 is 40.4. The molecule has 1 saturated carbocycles. The molecule has 0 saturated heterocycles. The Kier molecular flexibility index (Phi) is 8.12. The first kappa shape index (κ1) is 24.9. The fourth-order valence-corrected chi connectivity index (χ4v) is 6.56. The van der Waals surface area contributed by atoms with Gasteiger partial charge in [-0.2, -0.15) is 4.31 Å². The van der Waals surface area contributed by atoms with Crippen molar-refractivity contribution in [3.05, 3.63) is 53.1 Å². The van der Waals surface area contributed by atoms with Crippen LogP contribution in [-0.4, -0.2) is 33.0 Å². The third-order valence-electron chi connectivity index (χ3n) is 6.56. The molecule has 32 heavy (non-hydrogen) atoms. The van der Waals surface area contributed by atoms with Gasteiger partial charge in [0.05, 0.1) is 19.1 Å². The molecule has 0 N–H and O–H groups in total. The highest BCUT2D eigenvalue weighted by atomic mass is 35.5. The molecule has 0 aromatic heterocycles. The van der Waals surface area contributed by atoms with Gasteiger partial charge in [-0.25, -0.2) is 8.42 Å². The van der Waals surface area contributed by atoms with Crippen molar-refractivity contribution in [2.24, 2.45) is 17.8 Å². The number of hydrogen-bond acceptors (Lipinski definition) is 4. The number of nitrogens with zero attached hydrogens (tertiary/aromatic N) is 1. The highest BCUT2D eigenvalue weighted by molar-refractivity contribution is 7.89. The fourth-order valence-electron chi connectivity index (χ4n) is 4.76. The highest BCUT2D eigenvalue weighted by Crippen LogP contribution is 2.40. The summed E-state index contributed by atoms with van der Waals surface area (Å²) in [5.74, 6) is 2.37. The molecule has 0 radical (unpaired) electrons. The minimum Gasteiger partial charge on any atom is -0.493 e. The molecule has 2 aromatic rings. The Balaban J connectivity index is 2.07. The van der Waals surface area contributed by atoms with E-state index in [4.69, 9.17) is 21.1 Å². The third kappa shape index (κ3) is 5.41. The van der Waals surface area contributed by atoms with Crippen LogP contribution in [-0.2, 0) is 16.6 Å². The Labute approximate surface area is 197 Å². The molecule has 0 amide bonds. The zero-order valence-corrected chi connectivity index (χ0v) is 21.1. The van der Waals surface area contributed by atoms with Crippen LogP contribution in [0.25, 0.3) is 0 Å². The number of rotatable bonds is 8. The molecule has 0 spiro atoms. The molecule has 1 fully saturated rings. The number of hydrogen-bond donors (Lipinski definition) is 0. The Bertz CT molecular complexity index is 1010. The molecule has 1 aliphatic rings. The van der Waals surface area contributed by atoms with E-state index in [1.807, 2.05) is 18.2 Å². The SMILES string of the molecule is COc1ccc(CN(C2CC(C)CCC2C(C)C)S(=O)(=O)c2ccc(Cl)cc2)cc1OC. The van der Waals surface area contributed by atoms with Crippen LogP contribution < -0.4 is 9.47 Å². The van der Waals surface area contributed by atoms with Gasteiger partial charge in [-0.1, -0.05) is 44.9 Å². The minimum atomic E-state index is -3.74. The van der Waals surface area contributed by atoms with Crippen LogP contribution in [0.5, 0.6) is 11.5 Å². The standard InChI is InChI=1S/C25H34ClNO4S/c1-17(2)22-12-6-18(3)14-23(22)27(32(28,29)21-10-8-20(26)9-11-21)16-19-7-13-24(30-4)25(15-19)31-5/h7-11,13,15,17-18,22-23H,6,12,14,16H2,1-5H3. The Morgan fingerprint density at radius 1 is 1.03 bits per heavy atom. The van der Waals surface area contributed by atoms with Gasteiger partial charge in [-0.05, 0) is 72.6 Å². The lowest BCUT2D eigenvalue weighted by atomic mass is 9.74. The maximum atomic E-state index is 13.9. The Morgan fingerprint density at radius 2 is 1.69 bits per heavy atom. The van der Waals surface area contributed by atoms with Crippen molar-refractivity contribution in [3.8, 4) is 11.5 Å². The summed E-state index contributed by atoms with van der Waals surface area (Å²) in [6.45, 7) is 6.87. The topological polar surface area (TPSA) is 55.8 Å². The van der Waals surface area contributed by atoms with Crippen molar-refractivity contribution < 1.29 is 17.9 Å². The van der Waals surface area contributed by atoms with Crippen LogP contribution in [0.15, 0.2) is 47.4 Å². The molecule has 7 heteroatoms. The zero-order chi connectivity index (χ0) is 23.5. The molecule has 3 unspecified atom stereocenters. The molecule has 0 heterocycles. The van der Waals surface area contributed by atoms with E-state index in [1.54, 1.807) is 42.8 Å². The van der Waals surface area contributed by atoms with Crippen molar-refractivity contribution in [1.29, 1.82) is 0 Å². The second-order valence-corrected chi connectivity index (χ2v) is 11.4. The molecular formula is C25H34ClNO4S. The van der Waals surface area contributed by atoms with Gasteiger partial charge >= 0.3 is 0 Å². The first-order chi connectivity index (χ1) is 15.2. The first-order valence-electron chi connectivity index (χ1n) is 11.2. The minimum absolute atomic E-state index is 0.0764. The van der Waals surface area contributed by atoms with Crippen molar-refractivity contribution in [3.63, 3.8) is 0 Å². The van der Waals surface area contributed by atoms with Crippen LogP contribution in [0.4, 0.5) is 0 Å². The van der Waals surface area contributed by atoms with Crippen molar-refractivity contribution in [2.75, 3.05) is 14.2 Å². The molecule has 176 valence electrons.